The van der Waals surface area contributed by atoms with E-state index in [1.165, 1.54) is 88.9 Å². The fourth-order valence-electron chi connectivity index (χ4n) is 4.97. The van der Waals surface area contributed by atoms with Crippen LogP contribution in [0.3, 0.4) is 0 Å². The molecule has 0 N–H and O–H groups in total. The number of pyridine rings is 1. The molecular formula is C25H43N3. The van der Waals surface area contributed by atoms with Crippen LogP contribution in [0.15, 0.2) is 18.3 Å². The third-order valence-electron chi connectivity index (χ3n) is 7.74. The van der Waals surface area contributed by atoms with Crippen LogP contribution in [0, 0.1) is 11.8 Å². The molecule has 28 heavy (non-hydrogen) atoms. The third-order valence-corrected chi connectivity index (χ3v) is 7.74. The largest absolute Gasteiger partial charge is 0.357 e. The number of likely N-dealkylation sites (tertiary alicyclic amines) is 1. The van der Waals surface area contributed by atoms with E-state index in [-0.39, 0.29) is 0 Å². The Hall–Kier alpha value is -1.09. The molecule has 1 aromatic heterocycles. The van der Waals surface area contributed by atoms with Gasteiger partial charge in [0.2, 0.25) is 0 Å². The quantitative estimate of drug-likeness (QED) is 0.539. The van der Waals surface area contributed by atoms with Gasteiger partial charge in [-0.1, -0.05) is 39.7 Å². The highest BCUT2D eigenvalue weighted by Gasteiger charge is 2.24. The van der Waals surface area contributed by atoms with Gasteiger partial charge in [-0.15, -0.1) is 0 Å². The minimum atomic E-state index is 0.615. The first-order valence-corrected chi connectivity index (χ1v) is 12.1. The van der Waals surface area contributed by atoms with E-state index in [4.69, 9.17) is 4.98 Å². The summed E-state index contributed by atoms with van der Waals surface area (Å²) >= 11 is 0. The Morgan fingerprint density at radius 2 is 1.50 bits per heavy atom. The van der Waals surface area contributed by atoms with Crippen LogP contribution in [0.4, 0.5) is 5.82 Å². The SMILES string of the molecule is CCC(C)c1ccc(N2CCC(CCC3CCN(C(C)CC)CC3)CC2)nc1. The smallest absolute Gasteiger partial charge is 0.128 e. The predicted molar refractivity (Wildman–Crippen MR) is 121 cm³/mol. The number of piperidine rings is 2. The van der Waals surface area contributed by atoms with E-state index >= 15 is 0 Å². The molecule has 2 atom stereocenters. The zero-order valence-corrected chi connectivity index (χ0v) is 18.9. The van der Waals surface area contributed by atoms with Crippen LogP contribution in [0.25, 0.3) is 0 Å². The van der Waals surface area contributed by atoms with Gasteiger partial charge in [-0.2, -0.15) is 0 Å². The summed E-state index contributed by atoms with van der Waals surface area (Å²) in [6, 6.07) is 5.31. The van der Waals surface area contributed by atoms with E-state index in [0.29, 0.717) is 5.92 Å². The number of nitrogens with zero attached hydrogens (tertiary/aromatic N) is 3. The molecule has 3 heterocycles. The maximum Gasteiger partial charge on any atom is 0.128 e. The zero-order valence-electron chi connectivity index (χ0n) is 18.9. The molecule has 2 saturated heterocycles. The average Bonchev–Trinajstić information content (AvgIpc) is 2.77. The number of aromatic nitrogens is 1. The normalized spacial score (nSPS) is 22.4. The molecule has 3 nitrogen and oxygen atoms in total. The predicted octanol–water partition coefficient (Wildman–Crippen LogP) is 6.10. The maximum atomic E-state index is 4.77. The molecule has 0 saturated carbocycles. The van der Waals surface area contributed by atoms with Crippen molar-refractivity contribution in [3.05, 3.63) is 23.9 Å². The summed E-state index contributed by atoms with van der Waals surface area (Å²) in [7, 11) is 0. The number of hydrogen-bond donors (Lipinski definition) is 0. The molecule has 0 radical (unpaired) electrons. The molecule has 0 spiro atoms. The monoisotopic (exact) mass is 385 g/mol. The molecule has 0 bridgehead atoms. The molecule has 0 aliphatic carbocycles. The highest BCUT2D eigenvalue weighted by Crippen LogP contribution is 2.30. The van der Waals surface area contributed by atoms with E-state index in [1.807, 2.05) is 0 Å². The Balaban J connectivity index is 1.37. The van der Waals surface area contributed by atoms with Crippen molar-refractivity contribution in [3.63, 3.8) is 0 Å². The van der Waals surface area contributed by atoms with Gasteiger partial charge in [-0.05, 0) is 87.9 Å². The second kappa shape index (κ2) is 10.6. The second-order valence-electron chi connectivity index (χ2n) is 9.50. The van der Waals surface area contributed by atoms with E-state index in [9.17, 15) is 0 Å². The Kier molecular flexibility index (Phi) is 8.20. The fraction of sp³-hybridized carbons (Fsp3) is 0.800. The van der Waals surface area contributed by atoms with Crippen molar-refractivity contribution in [1.82, 2.24) is 9.88 Å². The van der Waals surface area contributed by atoms with Gasteiger partial charge in [-0.25, -0.2) is 4.98 Å². The van der Waals surface area contributed by atoms with Crippen molar-refractivity contribution in [1.29, 1.82) is 0 Å². The zero-order chi connectivity index (χ0) is 19.9. The first-order chi connectivity index (χ1) is 13.6. The summed E-state index contributed by atoms with van der Waals surface area (Å²) in [5.41, 5.74) is 1.38. The first kappa shape index (κ1) is 21.6. The summed E-state index contributed by atoms with van der Waals surface area (Å²) in [5.74, 6) is 3.71. The highest BCUT2D eigenvalue weighted by atomic mass is 15.2. The molecule has 2 unspecified atom stereocenters. The molecule has 2 aliphatic rings. The van der Waals surface area contributed by atoms with E-state index in [2.05, 4.69) is 55.8 Å². The summed E-state index contributed by atoms with van der Waals surface area (Å²) < 4.78 is 0. The number of rotatable bonds is 8. The standard InChI is InChI=1S/C25H43N3/c1-5-20(3)24-9-10-25(26-19-24)28-17-13-23(14-18-28)8-7-22-11-15-27(16-12-22)21(4)6-2/h9-10,19-23H,5-8,11-18H2,1-4H3. The second-order valence-corrected chi connectivity index (χ2v) is 9.50. The third kappa shape index (κ3) is 5.72. The van der Waals surface area contributed by atoms with Crippen molar-refractivity contribution >= 4 is 5.82 Å². The van der Waals surface area contributed by atoms with Gasteiger partial charge >= 0.3 is 0 Å². The molecule has 0 aromatic carbocycles. The molecule has 158 valence electrons. The Morgan fingerprint density at radius 1 is 0.893 bits per heavy atom. The van der Waals surface area contributed by atoms with Crippen LogP contribution in [-0.2, 0) is 0 Å². The highest BCUT2D eigenvalue weighted by molar-refractivity contribution is 5.40. The van der Waals surface area contributed by atoms with Crippen molar-refractivity contribution in [3.8, 4) is 0 Å². The summed E-state index contributed by atoms with van der Waals surface area (Å²) in [5, 5.41) is 0. The topological polar surface area (TPSA) is 19.4 Å². The Morgan fingerprint density at radius 3 is 2.00 bits per heavy atom. The lowest BCUT2D eigenvalue weighted by atomic mass is 9.85. The Bertz CT molecular complexity index is 554. The minimum absolute atomic E-state index is 0.615. The lowest BCUT2D eigenvalue weighted by Crippen LogP contribution is -2.39. The van der Waals surface area contributed by atoms with Crippen molar-refractivity contribution in [2.24, 2.45) is 11.8 Å². The van der Waals surface area contributed by atoms with Gasteiger partial charge < -0.3 is 9.80 Å². The van der Waals surface area contributed by atoms with Gasteiger partial charge in [-0.3, -0.25) is 0 Å². The van der Waals surface area contributed by atoms with E-state index < -0.39 is 0 Å². The lowest BCUT2D eigenvalue weighted by molar-refractivity contribution is 0.130. The molecule has 1 aromatic rings. The summed E-state index contributed by atoms with van der Waals surface area (Å²) in [4.78, 5) is 9.97. The van der Waals surface area contributed by atoms with Crippen LogP contribution in [0.5, 0.6) is 0 Å². The summed E-state index contributed by atoms with van der Waals surface area (Å²) in [6.07, 6.45) is 13.0. The van der Waals surface area contributed by atoms with Crippen LogP contribution in [0.1, 0.15) is 90.5 Å². The molecule has 3 rings (SSSR count). The van der Waals surface area contributed by atoms with Gasteiger partial charge in [0, 0.05) is 25.3 Å². The molecule has 0 amide bonds. The fourth-order valence-corrected chi connectivity index (χ4v) is 4.97. The van der Waals surface area contributed by atoms with E-state index in [0.717, 1.165) is 17.9 Å². The molecule has 2 aliphatic heterocycles. The molecule has 2 fully saturated rings. The number of anilines is 1. The molecule has 3 heteroatoms. The van der Waals surface area contributed by atoms with Crippen LogP contribution in [0.2, 0.25) is 0 Å². The van der Waals surface area contributed by atoms with Gasteiger partial charge in [0.05, 0.1) is 0 Å². The maximum absolute atomic E-state index is 4.77. The van der Waals surface area contributed by atoms with Crippen LogP contribution < -0.4 is 4.90 Å². The van der Waals surface area contributed by atoms with Gasteiger partial charge in [0.25, 0.3) is 0 Å². The lowest BCUT2D eigenvalue weighted by Gasteiger charge is -2.37. The summed E-state index contributed by atoms with van der Waals surface area (Å²) in [6.45, 7) is 14.3. The average molecular weight is 386 g/mol. The molecular weight excluding hydrogens is 342 g/mol. The number of hydrogen-bond acceptors (Lipinski definition) is 3. The van der Waals surface area contributed by atoms with Crippen molar-refractivity contribution in [2.75, 3.05) is 31.1 Å². The first-order valence-electron chi connectivity index (χ1n) is 12.1. The van der Waals surface area contributed by atoms with Gasteiger partial charge in [0.1, 0.15) is 5.82 Å². The van der Waals surface area contributed by atoms with Crippen LogP contribution >= 0.6 is 0 Å². The van der Waals surface area contributed by atoms with Gasteiger partial charge in [0.15, 0.2) is 0 Å². The van der Waals surface area contributed by atoms with Crippen LogP contribution in [-0.4, -0.2) is 42.1 Å². The van der Waals surface area contributed by atoms with Crippen molar-refractivity contribution < 1.29 is 0 Å². The van der Waals surface area contributed by atoms with Crippen molar-refractivity contribution in [2.45, 2.75) is 91.0 Å². The van der Waals surface area contributed by atoms with E-state index in [1.54, 1.807) is 0 Å². The minimum Gasteiger partial charge on any atom is -0.357 e. The Labute approximate surface area is 173 Å².